The van der Waals surface area contributed by atoms with Crippen LogP contribution in [0.4, 0.5) is 4.79 Å². The van der Waals surface area contributed by atoms with Crippen LogP contribution < -0.4 is 10.6 Å². The molecule has 1 aromatic carbocycles. The number of likely N-dealkylation sites (tertiary alicyclic amines) is 2. The third-order valence-corrected chi connectivity index (χ3v) is 5.73. The standard InChI is InChI=1S/C22H32N4O4/c1-2-30-22(29)26-14-10-19(11-15-26)24-21(28)20(27)23-18-8-12-25(13-9-18)16-17-6-4-3-5-7-17/h3-7,18-19H,2,8-16H2,1H3,(H,23,27)(H,24,28). The molecule has 0 aromatic heterocycles. The van der Waals surface area contributed by atoms with Gasteiger partial charge in [0.2, 0.25) is 0 Å². The van der Waals surface area contributed by atoms with E-state index >= 15 is 0 Å². The van der Waals surface area contributed by atoms with Gasteiger partial charge < -0.3 is 20.3 Å². The Morgan fingerprint density at radius 3 is 1.97 bits per heavy atom. The molecule has 2 aliphatic rings. The maximum atomic E-state index is 12.3. The minimum Gasteiger partial charge on any atom is -0.450 e. The summed E-state index contributed by atoms with van der Waals surface area (Å²) in [7, 11) is 0. The average Bonchev–Trinajstić information content (AvgIpc) is 2.76. The lowest BCUT2D eigenvalue weighted by Crippen LogP contribution is -2.52. The molecule has 2 aliphatic heterocycles. The molecule has 0 bridgehead atoms. The van der Waals surface area contributed by atoms with Crippen molar-refractivity contribution in [1.29, 1.82) is 0 Å². The van der Waals surface area contributed by atoms with E-state index in [9.17, 15) is 14.4 Å². The summed E-state index contributed by atoms with van der Waals surface area (Å²) in [5.74, 6) is -1.15. The van der Waals surface area contributed by atoms with Crippen LogP contribution in [0.5, 0.6) is 0 Å². The summed E-state index contributed by atoms with van der Waals surface area (Å²) in [5, 5.41) is 5.68. The second-order valence-corrected chi connectivity index (χ2v) is 7.94. The first kappa shape index (κ1) is 22.1. The minimum absolute atomic E-state index is 0.0286. The number of nitrogens with one attached hydrogen (secondary N) is 2. The molecule has 30 heavy (non-hydrogen) atoms. The van der Waals surface area contributed by atoms with Gasteiger partial charge in [0.25, 0.3) is 0 Å². The lowest BCUT2D eigenvalue weighted by molar-refractivity contribution is -0.140. The predicted octanol–water partition coefficient (Wildman–Crippen LogP) is 1.50. The van der Waals surface area contributed by atoms with Crippen LogP contribution in [0.25, 0.3) is 0 Å². The molecule has 0 saturated carbocycles. The van der Waals surface area contributed by atoms with Crippen molar-refractivity contribution in [3.05, 3.63) is 35.9 Å². The highest BCUT2D eigenvalue weighted by atomic mass is 16.6. The summed E-state index contributed by atoms with van der Waals surface area (Å²) in [5.41, 5.74) is 1.29. The van der Waals surface area contributed by atoms with E-state index in [0.717, 1.165) is 32.5 Å². The molecule has 8 heteroatoms. The maximum Gasteiger partial charge on any atom is 0.409 e. The quantitative estimate of drug-likeness (QED) is 0.710. The fraction of sp³-hybridized carbons (Fsp3) is 0.591. The highest BCUT2D eigenvalue weighted by Gasteiger charge is 2.28. The number of carbonyl (C=O) groups is 3. The molecule has 0 radical (unpaired) electrons. The molecule has 164 valence electrons. The lowest BCUT2D eigenvalue weighted by Gasteiger charge is -2.33. The Morgan fingerprint density at radius 1 is 0.900 bits per heavy atom. The summed E-state index contributed by atoms with van der Waals surface area (Å²) < 4.78 is 4.99. The topological polar surface area (TPSA) is 91.0 Å². The van der Waals surface area contributed by atoms with E-state index in [2.05, 4.69) is 27.7 Å². The Labute approximate surface area is 177 Å². The third kappa shape index (κ3) is 6.45. The van der Waals surface area contributed by atoms with Gasteiger partial charge in [0.15, 0.2) is 0 Å². The molecule has 0 spiro atoms. The number of hydrogen-bond donors (Lipinski definition) is 2. The van der Waals surface area contributed by atoms with E-state index in [4.69, 9.17) is 4.74 Å². The van der Waals surface area contributed by atoms with Gasteiger partial charge in [-0.3, -0.25) is 14.5 Å². The van der Waals surface area contributed by atoms with Gasteiger partial charge in [-0.05, 0) is 38.2 Å². The maximum absolute atomic E-state index is 12.3. The molecular weight excluding hydrogens is 384 g/mol. The molecule has 8 nitrogen and oxygen atoms in total. The van der Waals surface area contributed by atoms with Crippen LogP contribution in [0.15, 0.2) is 30.3 Å². The van der Waals surface area contributed by atoms with Crippen LogP contribution in [0, 0.1) is 0 Å². The van der Waals surface area contributed by atoms with Gasteiger partial charge in [-0.1, -0.05) is 30.3 Å². The third-order valence-electron chi connectivity index (χ3n) is 5.73. The van der Waals surface area contributed by atoms with Gasteiger partial charge >= 0.3 is 17.9 Å². The van der Waals surface area contributed by atoms with E-state index in [1.165, 1.54) is 5.56 Å². The van der Waals surface area contributed by atoms with Crippen molar-refractivity contribution in [1.82, 2.24) is 20.4 Å². The molecule has 2 heterocycles. The highest BCUT2D eigenvalue weighted by molar-refractivity contribution is 6.35. The van der Waals surface area contributed by atoms with Crippen LogP contribution in [-0.2, 0) is 20.9 Å². The van der Waals surface area contributed by atoms with E-state index in [0.29, 0.717) is 32.5 Å². The van der Waals surface area contributed by atoms with E-state index in [1.54, 1.807) is 11.8 Å². The smallest absolute Gasteiger partial charge is 0.409 e. The predicted molar refractivity (Wildman–Crippen MR) is 113 cm³/mol. The number of piperidine rings is 2. The normalized spacial score (nSPS) is 18.6. The van der Waals surface area contributed by atoms with E-state index in [-0.39, 0.29) is 18.2 Å². The zero-order chi connectivity index (χ0) is 21.3. The number of amides is 3. The molecular formula is C22H32N4O4. The largest absolute Gasteiger partial charge is 0.450 e. The van der Waals surface area contributed by atoms with E-state index in [1.807, 2.05) is 18.2 Å². The Hall–Kier alpha value is -2.61. The Morgan fingerprint density at radius 2 is 1.43 bits per heavy atom. The van der Waals surface area contributed by atoms with Crippen molar-refractivity contribution in [2.75, 3.05) is 32.8 Å². The van der Waals surface area contributed by atoms with Gasteiger partial charge in [-0.25, -0.2) is 4.79 Å². The zero-order valence-corrected chi connectivity index (χ0v) is 17.6. The fourth-order valence-electron chi connectivity index (χ4n) is 4.00. The summed E-state index contributed by atoms with van der Waals surface area (Å²) in [6, 6.07) is 10.3. The molecule has 2 N–H and O–H groups in total. The lowest BCUT2D eigenvalue weighted by atomic mass is 10.0. The molecule has 0 atom stereocenters. The molecule has 1 aromatic rings. The van der Waals surface area contributed by atoms with Gasteiger partial charge in [0.05, 0.1) is 6.61 Å². The molecule has 0 unspecified atom stereocenters. The first-order valence-electron chi connectivity index (χ1n) is 10.8. The van der Waals surface area contributed by atoms with E-state index < -0.39 is 11.8 Å². The molecule has 3 amide bonds. The molecule has 2 fully saturated rings. The number of benzene rings is 1. The van der Waals surface area contributed by atoms with Gasteiger partial charge in [-0.15, -0.1) is 0 Å². The first-order valence-corrected chi connectivity index (χ1v) is 10.8. The van der Waals surface area contributed by atoms with Crippen LogP contribution in [-0.4, -0.2) is 72.6 Å². The van der Waals surface area contributed by atoms with Crippen molar-refractivity contribution >= 4 is 17.9 Å². The van der Waals surface area contributed by atoms with Crippen molar-refractivity contribution in [3.63, 3.8) is 0 Å². The number of nitrogens with zero attached hydrogens (tertiary/aromatic N) is 2. The highest BCUT2D eigenvalue weighted by Crippen LogP contribution is 2.14. The van der Waals surface area contributed by atoms with Crippen LogP contribution >= 0.6 is 0 Å². The van der Waals surface area contributed by atoms with Gasteiger partial charge in [0.1, 0.15) is 0 Å². The van der Waals surface area contributed by atoms with Crippen LogP contribution in [0.1, 0.15) is 38.2 Å². The average molecular weight is 417 g/mol. The Balaban J connectivity index is 1.34. The van der Waals surface area contributed by atoms with Crippen LogP contribution in [0.2, 0.25) is 0 Å². The van der Waals surface area contributed by atoms with Crippen molar-refractivity contribution < 1.29 is 19.1 Å². The summed E-state index contributed by atoms with van der Waals surface area (Å²) in [4.78, 5) is 40.3. The zero-order valence-electron chi connectivity index (χ0n) is 17.6. The number of ether oxygens (including phenoxy) is 1. The molecule has 2 saturated heterocycles. The summed E-state index contributed by atoms with van der Waals surface area (Å²) in [6.07, 6.45) is 2.59. The monoisotopic (exact) mass is 416 g/mol. The number of rotatable bonds is 5. The Kier molecular flexibility index (Phi) is 8.07. The van der Waals surface area contributed by atoms with Gasteiger partial charge in [0, 0.05) is 44.8 Å². The second-order valence-electron chi connectivity index (χ2n) is 7.94. The van der Waals surface area contributed by atoms with Crippen molar-refractivity contribution in [2.24, 2.45) is 0 Å². The molecule has 0 aliphatic carbocycles. The van der Waals surface area contributed by atoms with Gasteiger partial charge in [-0.2, -0.15) is 0 Å². The Bertz CT molecular complexity index is 711. The number of hydrogen-bond acceptors (Lipinski definition) is 5. The van der Waals surface area contributed by atoms with Crippen molar-refractivity contribution in [3.8, 4) is 0 Å². The SMILES string of the molecule is CCOC(=O)N1CCC(NC(=O)C(=O)NC2CCN(Cc3ccccc3)CC2)CC1. The second kappa shape index (κ2) is 11.0. The summed E-state index contributed by atoms with van der Waals surface area (Å²) >= 11 is 0. The summed E-state index contributed by atoms with van der Waals surface area (Å²) in [6.45, 7) is 5.86. The van der Waals surface area contributed by atoms with Crippen molar-refractivity contribution in [2.45, 2.75) is 51.2 Å². The minimum atomic E-state index is -0.587. The van der Waals surface area contributed by atoms with Crippen LogP contribution in [0.3, 0.4) is 0 Å². The number of carbonyl (C=O) groups excluding carboxylic acids is 3. The molecule has 3 rings (SSSR count). The fourth-order valence-corrected chi connectivity index (χ4v) is 4.00. The first-order chi connectivity index (χ1) is 14.5.